The molecule has 0 fully saturated rings. The van der Waals surface area contributed by atoms with Gasteiger partial charge in [0.1, 0.15) is 0 Å². The Morgan fingerprint density at radius 2 is 1.81 bits per heavy atom. The summed E-state index contributed by atoms with van der Waals surface area (Å²) >= 11 is 2.14. The van der Waals surface area contributed by atoms with Gasteiger partial charge in [-0.05, 0) is 54.6 Å². The number of halogens is 1. The molecule has 1 rings (SSSR count). The van der Waals surface area contributed by atoms with Gasteiger partial charge in [0, 0.05) is 9.77 Å². The Morgan fingerprint density at radius 1 is 1.24 bits per heavy atom. The number of hydrogen-bond acceptors (Lipinski definition) is 6. The quantitative estimate of drug-likeness (QED) is 0.189. The van der Waals surface area contributed by atoms with E-state index in [4.69, 9.17) is 15.2 Å². The van der Waals surface area contributed by atoms with Crippen molar-refractivity contribution in [2.24, 2.45) is 0 Å². The molecule has 0 radical (unpaired) electrons. The van der Waals surface area contributed by atoms with Gasteiger partial charge in [0.15, 0.2) is 5.57 Å². The molecule has 6 nitrogen and oxygen atoms in total. The third kappa shape index (κ3) is 5.25. The molecule has 0 aliphatic carbocycles. The first-order chi connectivity index (χ1) is 9.99. The maximum atomic E-state index is 11.8. The van der Waals surface area contributed by atoms with Gasteiger partial charge in [-0.3, -0.25) is 0 Å². The first-order valence-corrected chi connectivity index (χ1v) is 7.43. The summed E-state index contributed by atoms with van der Waals surface area (Å²) in [6, 6.07) is 5.37. The van der Waals surface area contributed by atoms with Crippen LogP contribution < -0.4 is 11.1 Å². The molecule has 0 amide bonds. The van der Waals surface area contributed by atoms with Crippen LogP contribution in [0.4, 0.5) is 11.4 Å². The van der Waals surface area contributed by atoms with Gasteiger partial charge < -0.3 is 20.5 Å². The largest absolute Gasteiger partial charge is 0.462 e. The van der Waals surface area contributed by atoms with Gasteiger partial charge >= 0.3 is 11.9 Å². The van der Waals surface area contributed by atoms with E-state index in [0.29, 0.717) is 11.4 Å². The summed E-state index contributed by atoms with van der Waals surface area (Å²) in [5.74, 6) is -1.49. The number of esters is 2. The van der Waals surface area contributed by atoms with Crippen molar-refractivity contribution < 1.29 is 19.1 Å². The topological polar surface area (TPSA) is 90.6 Å². The van der Waals surface area contributed by atoms with Crippen molar-refractivity contribution in [2.75, 3.05) is 24.3 Å². The Morgan fingerprint density at radius 3 is 2.29 bits per heavy atom. The molecule has 0 heterocycles. The predicted molar refractivity (Wildman–Crippen MR) is 88.5 cm³/mol. The van der Waals surface area contributed by atoms with E-state index < -0.39 is 11.9 Å². The van der Waals surface area contributed by atoms with Crippen LogP contribution in [0.15, 0.2) is 30.0 Å². The molecule has 0 saturated heterocycles. The molecule has 21 heavy (non-hydrogen) atoms. The van der Waals surface area contributed by atoms with Crippen molar-refractivity contribution in [3.05, 3.63) is 33.5 Å². The molecule has 1 aromatic rings. The van der Waals surface area contributed by atoms with Crippen LogP contribution in [0.25, 0.3) is 0 Å². The highest BCUT2D eigenvalue weighted by Crippen LogP contribution is 2.21. The van der Waals surface area contributed by atoms with Gasteiger partial charge in [-0.2, -0.15) is 0 Å². The summed E-state index contributed by atoms with van der Waals surface area (Å²) in [6.45, 7) is 3.65. The third-order valence-electron chi connectivity index (χ3n) is 2.38. The van der Waals surface area contributed by atoms with Crippen molar-refractivity contribution in [3.63, 3.8) is 0 Å². The first kappa shape index (κ1) is 17.3. The van der Waals surface area contributed by atoms with E-state index in [0.717, 1.165) is 3.57 Å². The van der Waals surface area contributed by atoms with E-state index in [1.54, 1.807) is 26.0 Å². The van der Waals surface area contributed by atoms with Gasteiger partial charge in [0.05, 0.1) is 24.6 Å². The van der Waals surface area contributed by atoms with Crippen molar-refractivity contribution >= 4 is 45.9 Å². The lowest BCUT2D eigenvalue weighted by Gasteiger charge is -2.09. The minimum atomic E-state index is -0.743. The Bertz CT molecular complexity index is 538. The normalized spacial score (nSPS) is 9.67. The van der Waals surface area contributed by atoms with Crippen LogP contribution in [0.2, 0.25) is 0 Å². The van der Waals surface area contributed by atoms with Crippen molar-refractivity contribution in [1.82, 2.24) is 0 Å². The van der Waals surface area contributed by atoms with Gasteiger partial charge in [-0.1, -0.05) is 0 Å². The van der Waals surface area contributed by atoms with E-state index in [-0.39, 0.29) is 18.8 Å². The molecular formula is C14H17IN2O4. The van der Waals surface area contributed by atoms with E-state index in [2.05, 4.69) is 27.9 Å². The summed E-state index contributed by atoms with van der Waals surface area (Å²) in [7, 11) is 0. The van der Waals surface area contributed by atoms with Crippen LogP contribution in [-0.2, 0) is 19.1 Å². The minimum Gasteiger partial charge on any atom is -0.462 e. The second-order valence-electron chi connectivity index (χ2n) is 3.87. The molecule has 114 valence electrons. The molecule has 0 atom stereocenters. The summed E-state index contributed by atoms with van der Waals surface area (Å²) in [4.78, 5) is 23.5. The van der Waals surface area contributed by atoms with Crippen LogP contribution in [0.1, 0.15) is 13.8 Å². The molecule has 3 N–H and O–H groups in total. The van der Waals surface area contributed by atoms with Crippen molar-refractivity contribution in [2.45, 2.75) is 13.8 Å². The van der Waals surface area contributed by atoms with Crippen LogP contribution in [0.5, 0.6) is 0 Å². The number of anilines is 2. The predicted octanol–water partition coefficient (Wildman–Crippen LogP) is 2.30. The van der Waals surface area contributed by atoms with Crippen LogP contribution >= 0.6 is 22.6 Å². The number of benzene rings is 1. The highest BCUT2D eigenvalue weighted by atomic mass is 127. The molecular weight excluding hydrogens is 387 g/mol. The number of nitrogens with one attached hydrogen (secondary N) is 1. The molecule has 0 unspecified atom stereocenters. The standard InChI is InChI=1S/C14H17IN2O4/c1-3-20-13(18)10(14(19)21-4-2)8-17-12-6-5-9(15)7-11(12)16/h5-8,17H,3-4,16H2,1-2H3. The molecule has 7 heteroatoms. The number of carbonyl (C=O) groups excluding carboxylic acids is 2. The number of ether oxygens (including phenoxy) is 2. The lowest BCUT2D eigenvalue weighted by atomic mass is 10.2. The van der Waals surface area contributed by atoms with E-state index in [9.17, 15) is 9.59 Å². The number of rotatable bonds is 6. The average Bonchev–Trinajstić information content (AvgIpc) is 2.41. The van der Waals surface area contributed by atoms with Gasteiger partial charge in [-0.25, -0.2) is 9.59 Å². The fraction of sp³-hybridized carbons (Fsp3) is 0.286. The van der Waals surface area contributed by atoms with E-state index in [1.165, 1.54) is 6.20 Å². The molecule has 0 aliphatic heterocycles. The third-order valence-corrected chi connectivity index (χ3v) is 3.05. The lowest BCUT2D eigenvalue weighted by molar-refractivity contribution is -0.146. The zero-order valence-electron chi connectivity index (χ0n) is 11.8. The summed E-state index contributed by atoms with van der Waals surface area (Å²) in [5.41, 5.74) is 6.73. The second kappa shape index (κ2) is 8.50. The molecule has 0 aliphatic rings. The highest BCUT2D eigenvalue weighted by molar-refractivity contribution is 14.1. The zero-order valence-corrected chi connectivity index (χ0v) is 14.0. The van der Waals surface area contributed by atoms with Gasteiger partial charge in [0.25, 0.3) is 0 Å². The molecule has 0 saturated carbocycles. The highest BCUT2D eigenvalue weighted by Gasteiger charge is 2.21. The monoisotopic (exact) mass is 404 g/mol. The number of hydrogen-bond donors (Lipinski definition) is 2. The number of carbonyl (C=O) groups is 2. The summed E-state index contributed by atoms with van der Waals surface area (Å²) < 4.78 is 10.6. The van der Waals surface area contributed by atoms with Gasteiger partial charge in [0.2, 0.25) is 0 Å². The average molecular weight is 404 g/mol. The van der Waals surface area contributed by atoms with E-state index >= 15 is 0 Å². The molecule has 1 aromatic carbocycles. The fourth-order valence-electron chi connectivity index (χ4n) is 1.43. The van der Waals surface area contributed by atoms with Crippen LogP contribution in [-0.4, -0.2) is 25.2 Å². The Balaban J connectivity index is 2.96. The van der Waals surface area contributed by atoms with E-state index in [1.807, 2.05) is 6.07 Å². The van der Waals surface area contributed by atoms with Crippen molar-refractivity contribution in [3.8, 4) is 0 Å². The molecule has 0 aromatic heterocycles. The Labute approximate surface area is 136 Å². The Hall–Kier alpha value is -1.77. The van der Waals surface area contributed by atoms with Crippen LogP contribution in [0, 0.1) is 3.57 Å². The summed E-state index contributed by atoms with van der Waals surface area (Å²) in [5, 5.41) is 2.83. The van der Waals surface area contributed by atoms with Crippen LogP contribution in [0.3, 0.4) is 0 Å². The number of nitrogen functional groups attached to an aromatic ring is 1. The number of nitrogens with two attached hydrogens (primary N) is 1. The second-order valence-corrected chi connectivity index (χ2v) is 5.12. The SMILES string of the molecule is CCOC(=O)C(=CNc1ccc(I)cc1N)C(=O)OCC. The molecule has 0 bridgehead atoms. The molecule has 0 spiro atoms. The first-order valence-electron chi connectivity index (χ1n) is 6.35. The summed E-state index contributed by atoms with van der Waals surface area (Å²) in [6.07, 6.45) is 1.24. The van der Waals surface area contributed by atoms with Crippen molar-refractivity contribution in [1.29, 1.82) is 0 Å². The maximum Gasteiger partial charge on any atom is 0.347 e. The maximum absolute atomic E-state index is 11.8. The zero-order chi connectivity index (χ0) is 15.8. The lowest BCUT2D eigenvalue weighted by Crippen LogP contribution is -2.19. The Kier molecular flexibility index (Phi) is 7.00. The van der Waals surface area contributed by atoms with Gasteiger partial charge in [-0.15, -0.1) is 0 Å². The fourth-order valence-corrected chi connectivity index (χ4v) is 1.95. The minimum absolute atomic E-state index is 0.168. The smallest absolute Gasteiger partial charge is 0.347 e.